The summed E-state index contributed by atoms with van der Waals surface area (Å²) in [5.74, 6) is -4.13. The first-order chi connectivity index (χ1) is 19.4. The smallest absolute Gasteiger partial charge is 0.339 e. The highest BCUT2D eigenvalue weighted by molar-refractivity contribution is 6.35. The maximum absolute atomic E-state index is 14.3. The molecule has 0 saturated carbocycles. The molecule has 3 aliphatic heterocycles. The minimum absolute atomic E-state index is 0.0844. The number of carbonyl (C=O) groups excluding carboxylic acids is 4. The number of nitrogens with zero attached hydrogens (tertiary/aromatic N) is 1. The standard InChI is InChI=1S/C30H23ClN4O5/c1-40-28(38)17-8-3-5-12-22(17)35-26(36)23-21(13-15-14-32-20-11-4-2-7-16(15)20)34-30(24(23)27(35)37)18-9-6-10-19(31)25(18)33-29(30)39/h2-12,14,21,23-24,32,34H,13H2,1H3,(H,33,39)/t21-,23-,24+,30-/m1/s1. The van der Waals surface area contributed by atoms with E-state index in [0.717, 1.165) is 21.4 Å². The van der Waals surface area contributed by atoms with Crippen LogP contribution in [0.1, 0.15) is 21.5 Å². The van der Waals surface area contributed by atoms with Gasteiger partial charge in [-0.1, -0.05) is 54.1 Å². The van der Waals surface area contributed by atoms with Crippen LogP contribution in [-0.4, -0.2) is 41.8 Å². The van der Waals surface area contributed by atoms with Gasteiger partial charge in [0, 0.05) is 28.7 Å². The average molecular weight is 555 g/mol. The van der Waals surface area contributed by atoms with Crippen LogP contribution in [0.3, 0.4) is 0 Å². The summed E-state index contributed by atoms with van der Waals surface area (Å²) in [6.45, 7) is 0. The van der Waals surface area contributed by atoms with Crippen LogP contribution in [0.25, 0.3) is 10.9 Å². The van der Waals surface area contributed by atoms with Crippen molar-refractivity contribution in [2.45, 2.75) is 18.0 Å². The number of esters is 1. The molecule has 4 heterocycles. The highest BCUT2D eigenvalue weighted by Crippen LogP contribution is 2.55. The number of aromatic amines is 1. The summed E-state index contributed by atoms with van der Waals surface area (Å²) >= 11 is 6.46. The topological polar surface area (TPSA) is 121 Å². The van der Waals surface area contributed by atoms with E-state index < -0.39 is 47.1 Å². The fourth-order valence-electron chi connectivity index (χ4n) is 6.69. The van der Waals surface area contributed by atoms with Gasteiger partial charge in [0.2, 0.25) is 17.7 Å². The van der Waals surface area contributed by atoms with Crippen LogP contribution in [0.4, 0.5) is 11.4 Å². The molecule has 3 aromatic carbocycles. The zero-order chi connectivity index (χ0) is 27.8. The Labute approximate surface area is 233 Å². The Bertz CT molecular complexity index is 1770. The number of halogens is 1. The molecule has 4 atom stereocenters. The average Bonchev–Trinajstić information content (AvgIpc) is 3.68. The van der Waals surface area contributed by atoms with Crippen molar-refractivity contribution in [2.24, 2.45) is 11.8 Å². The van der Waals surface area contributed by atoms with E-state index in [1.54, 1.807) is 30.3 Å². The van der Waals surface area contributed by atoms with Crippen molar-refractivity contribution in [3.05, 3.63) is 94.6 Å². The van der Waals surface area contributed by atoms with Crippen LogP contribution in [0.2, 0.25) is 5.02 Å². The molecule has 200 valence electrons. The van der Waals surface area contributed by atoms with Gasteiger partial charge >= 0.3 is 5.97 Å². The van der Waals surface area contributed by atoms with Crippen molar-refractivity contribution in [1.82, 2.24) is 10.3 Å². The fraction of sp³-hybridized carbons (Fsp3) is 0.200. The number of fused-ring (bicyclic) bond motifs is 5. The number of carbonyl (C=O) groups is 4. The number of rotatable bonds is 4. The Morgan fingerprint density at radius 3 is 2.60 bits per heavy atom. The zero-order valence-electron chi connectivity index (χ0n) is 21.2. The number of hydrogen-bond donors (Lipinski definition) is 3. The highest BCUT2D eigenvalue weighted by Gasteiger charge is 2.71. The molecule has 10 heteroatoms. The van der Waals surface area contributed by atoms with E-state index in [9.17, 15) is 19.2 Å². The van der Waals surface area contributed by atoms with Gasteiger partial charge < -0.3 is 15.0 Å². The van der Waals surface area contributed by atoms with Gasteiger partial charge in [-0.3, -0.25) is 19.7 Å². The van der Waals surface area contributed by atoms with E-state index in [-0.39, 0.29) is 11.3 Å². The molecule has 1 spiro atoms. The minimum Gasteiger partial charge on any atom is -0.465 e. The van der Waals surface area contributed by atoms with Gasteiger partial charge in [0.1, 0.15) is 5.54 Å². The minimum atomic E-state index is -1.52. The summed E-state index contributed by atoms with van der Waals surface area (Å²) in [4.78, 5) is 59.3. The van der Waals surface area contributed by atoms with Gasteiger partial charge in [0.15, 0.2) is 0 Å². The number of aromatic nitrogens is 1. The SMILES string of the molecule is COC(=O)c1ccccc1N1C(=O)[C@H]2[C@@H](C1=O)[C@@]1(N[C@@H]2Cc2c[nH]c3ccccc23)C(=O)Nc2c(Cl)cccc21. The van der Waals surface area contributed by atoms with Crippen molar-refractivity contribution in [3.8, 4) is 0 Å². The summed E-state index contributed by atoms with van der Waals surface area (Å²) in [5, 5.41) is 7.62. The Morgan fingerprint density at radius 2 is 1.77 bits per heavy atom. The van der Waals surface area contributed by atoms with Crippen LogP contribution in [0.15, 0.2) is 72.9 Å². The summed E-state index contributed by atoms with van der Waals surface area (Å²) < 4.78 is 4.92. The molecular formula is C30H23ClN4O5. The molecule has 4 aromatic rings. The summed E-state index contributed by atoms with van der Waals surface area (Å²) in [7, 11) is 1.24. The third-order valence-corrected chi connectivity index (χ3v) is 8.68. The molecule has 0 aliphatic carbocycles. The quantitative estimate of drug-likeness (QED) is 0.261. The Kier molecular flexibility index (Phi) is 5.39. The number of hydrogen-bond acceptors (Lipinski definition) is 6. The van der Waals surface area contributed by atoms with Crippen LogP contribution in [-0.2, 0) is 31.1 Å². The molecular weight excluding hydrogens is 532 g/mol. The van der Waals surface area contributed by atoms with E-state index in [1.165, 1.54) is 19.2 Å². The predicted octanol–water partition coefficient (Wildman–Crippen LogP) is 3.78. The molecule has 0 radical (unpaired) electrons. The molecule has 2 saturated heterocycles. The summed E-state index contributed by atoms with van der Waals surface area (Å²) in [6.07, 6.45) is 2.26. The summed E-state index contributed by atoms with van der Waals surface area (Å²) in [5.41, 5.74) is 1.52. The Morgan fingerprint density at radius 1 is 1.00 bits per heavy atom. The third kappa shape index (κ3) is 3.19. The van der Waals surface area contributed by atoms with Crippen molar-refractivity contribution < 1.29 is 23.9 Å². The zero-order valence-corrected chi connectivity index (χ0v) is 22.0. The first kappa shape index (κ1) is 24.6. The van der Waals surface area contributed by atoms with Gasteiger partial charge in [-0.15, -0.1) is 0 Å². The highest BCUT2D eigenvalue weighted by atomic mass is 35.5. The third-order valence-electron chi connectivity index (χ3n) is 8.36. The largest absolute Gasteiger partial charge is 0.465 e. The van der Waals surface area contributed by atoms with Crippen LogP contribution in [0, 0.1) is 11.8 Å². The second-order valence-electron chi connectivity index (χ2n) is 10.3. The van der Waals surface area contributed by atoms with Crippen molar-refractivity contribution in [2.75, 3.05) is 17.3 Å². The number of ether oxygens (including phenoxy) is 1. The second-order valence-corrected chi connectivity index (χ2v) is 10.7. The summed E-state index contributed by atoms with van der Waals surface area (Å²) in [6, 6.07) is 18.7. The van der Waals surface area contributed by atoms with Crippen LogP contribution >= 0.6 is 11.6 Å². The first-order valence-electron chi connectivity index (χ1n) is 12.8. The number of para-hydroxylation sites is 3. The predicted molar refractivity (Wildman–Crippen MR) is 148 cm³/mol. The van der Waals surface area contributed by atoms with Crippen molar-refractivity contribution in [3.63, 3.8) is 0 Å². The van der Waals surface area contributed by atoms with Gasteiger partial charge in [0.05, 0.1) is 40.9 Å². The lowest BCUT2D eigenvalue weighted by Crippen LogP contribution is -2.53. The van der Waals surface area contributed by atoms with E-state index in [2.05, 4.69) is 15.6 Å². The van der Waals surface area contributed by atoms with Gasteiger partial charge in [-0.25, -0.2) is 9.69 Å². The number of methoxy groups -OCH3 is 1. The van der Waals surface area contributed by atoms with Crippen LogP contribution in [0.5, 0.6) is 0 Å². The number of nitrogens with one attached hydrogen (secondary N) is 3. The fourth-order valence-corrected chi connectivity index (χ4v) is 6.92. The van der Waals surface area contributed by atoms with Crippen molar-refractivity contribution >= 4 is 57.6 Å². The number of imide groups is 1. The number of anilines is 2. The van der Waals surface area contributed by atoms with Gasteiger partial charge in [0.25, 0.3) is 0 Å². The molecule has 7 rings (SSSR count). The molecule has 3 N–H and O–H groups in total. The van der Waals surface area contributed by atoms with Crippen molar-refractivity contribution in [1.29, 1.82) is 0 Å². The number of benzene rings is 3. The van der Waals surface area contributed by atoms with Crippen LogP contribution < -0.4 is 15.5 Å². The van der Waals surface area contributed by atoms with Gasteiger partial charge in [-0.05, 0) is 36.2 Å². The van der Waals surface area contributed by atoms with E-state index in [4.69, 9.17) is 16.3 Å². The molecule has 3 aliphatic rings. The molecule has 9 nitrogen and oxygen atoms in total. The lowest BCUT2D eigenvalue weighted by atomic mass is 9.76. The molecule has 0 unspecified atom stereocenters. The normalized spacial score (nSPS) is 25.0. The number of amides is 3. The maximum Gasteiger partial charge on any atom is 0.339 e. The number of H-pyrrole nitrogens is 1. The van der Waals surface area contributed by atoms with Gasteiger partial charge in [-0.2, -0.15) is 0 Å². The lowest BCUT2D eigenvalue weighted by Gasteiger charge is -2.30. The van der Waals surface area contributed by atoms with E-state index in [1.807, 2.05) is 30.5 Å². The first-order valence-corrected chi connectivity index (χ1v) is 13.2. The molecule has 0 bridgehead atoms. The molecule has 1 aromatic heterocycles. The van der Waals surface area contributed by atoms with E-state index >= 15 is 0 Å². The second kappa shape index (κ2) is 8.77. The Balaban J connectivity index is 1.40. The lowest BCUT2D eigenvalue weighted by molar-refractivity contribution is -0.130. The molecule has 40 heavy (non-hydrogen) atoms. The molecule has 3 amide bonds. The Hall–Kier alpha value is -4.47. The van der Waals surface area contributed by atoms with E-state index in [0.29, 0.717) is 22.7 Å². The maximum atomic E-state index is 14.3. The monoisotopic (exact) mass is 554 g/mol. The molecule has 2 fully saturated rings.